The number of pyridine rings is 1. The molecule has 0 saturated heterocycles. The quantitative estimate of drug-likeness (QED) is 0.912. The van der Waals surface area contributed by atoms with Crippen LogP contribution in [-0.2, 0) is 6.54 Å². The van der Waals surface area contributed by atoms with Crippen molar-refractivity contribution in [3.05, 3.63) is 51.6 Å². The van der Waals surface area contributed by atoms with Crippen molar-refractivity contribution in [1.29, 1.82) is 0 Å². The minimum atomic E-state index is 0.552. The second-order valence-electron chi connectivity index (χ2n) is 4.11. The van der Waals surface area contributed by atoms with Crippen LogP contribution in [0.3, 0.4) is 0 Å². The van der Waals surface area contributed by atoms with E-state index in [-0.39, 0.29) is 0 Å². The van der Waals surface area contributed by atoms with Crippen molar-refractivity contribution in [2.24, 2.45) is 0 Å². The van der Waals surface area contributed by atoms with Gasteiger partial charge in [-0.25, -0.2) is 4.98 Å². The number of hydrogen-bond acceptors (Lipinski definition) is 3. The average molecular weight is 297 g/mol. The van der Waals surface area contributed by atoms with Crippen molar-refractivity contribution in [3.8, 4) is 5.88 Å². The monoisotopic (exact) mass is 296 g/mol. The third-order valence-corrected chi connectivity index (χ3v) is 3.42. The van der Waals surface area contributed by atoms with Crippen molar-refractivity contribution in [3.63, 3.8) is 0 Å². The van der Waals surface area contributed by atoms with E-state index in [0.29, 0.717) is 22.5 Å². The highest BCUT2D eigenvalue weighted by atomic mass is 35.5. The first-order valence-electron chi connectivity index (χ1n) is 5.79. The van der Waals surface area contributed by atoms with Gasteiger partial charge in [0, 0.05) is 11.1 Å². The van der Waals surface area contributed by atoms with Crippen LogP contribution in [-0.4, -0.2) is 12.1 Å². The first-order valence-corrected chi connectivity index (χ1v) is 6.55. The number of nitrogens with one attached hydrogen (secondary N) is 1. The summed E-state index contributed by atoms with van der Waals surface area (Å²) in [5, 5.41) is 4.54. The zero-order valence-electron chi connectivity index (χ0n) is 10.7. The zero-order chi connectivity index (χ0) is 13.8. The standard InChI is InChI=1S/C14H14Cl2N2O/c1-9-6-12(16)13(7-11(9)15)17-8-10-4-3-5-14(18-10)19-2/h3-7,17H,8H2,1-2H3. The van der Waals surface area contributed by atoms with E-state index in [1.165, 1.54) is 0 Å². The molecule has 0 bridgehead atoms. The molecule has 0 unspecified atom stereocenters. The minimum Gasteiger partial charge on any atom is -0.481 e. The molecule has 0 aliphatic heterocycles. The van der Waals surface area contributed by atoms with Crippen LogP contribution in [0.25, 0.3) is 0 Å². The molecule has 0 saturated carbocycles. The number of methoxy groups -OCH3 is 1. The molecule has 0 aliphatic rings. The summed E-state index contributed by atoms with van der Waals surface area (Å²) in [5.74, 6) is 0.590. The molecule has 0 atom stereocenters. The van der Waals surface area contributed by atoms with E-state index in [2.05, 4.69) is 10.3 Å². The van der Waals surface area contributed by atoms with E-state index in [0.717, 1.165) is 16.9 Å². The Morgan fingerprint density at radius 1 is 1.21 bits per heavy atom. The highest BCUT2D eigenvalue weighted by Crippen LogP contribution is 2.29. The zero-order valence-corrected chi connectivity index (χ0v) is 12.2. The molecule has 5 heteroatoms. The van der Waals surface area contributed by atoms with Crippen molar-refractivity contribution in [1.82, 2.24) is 4.98 Å². The van der Waals surface area contributed by atoms with Gasteiger partial charge in [0.1, 0.15) is 0 Å². The van der Waals surface area contributed by atoms with Gasteiger partial charge in [-0.05, 0) is 30.7 Å². The third kappa shape index (κ3) is 3.52. The SMILES string of the molecule is COc1cccc(CNc2cc(Cl)c(C)cc2Cl)n1. The fourth-order valence-electron chi connectivity index (χ4n) is 1.64. The Balaban J connectivity index is 2.12. The van der Waals surface area contributed by atoms with Crippen molar-refractivity contribution < 1.29 is 4.74 Å². The van der Waals surface area contributed by atoms with Crippen LogP contribution in [0.15, 0.2) is 30.3 Å². The predicted octanol–water partition coefficient (Wildman–Crippen LogP) is 4.32. The van der Waals surface area contributed by atoms with E-state index >= 15 is 0 Å². The summed E-state index contributed by atoms with van der Waals surface area (Å²) in [7, 11) is 1.59. The van der Waals surface area contributed by atoms with Crippen LogP contribution in [0, 0.1) is 6.92 Å². The van der Waals surface area contributed by atoms with E-state index in [1.807, 2.05) is 31.2 Å². The van der Waals surface area contributed by atoms with Gasteiger partial charge in [0.25, 0.3) is 0 Å². The topological polar surface area (TPSA) is 34.1 Å². The molecule has 0 radical (unpaired) electrons. The van der Waals surface area contributed by atoms with Gasteiger partial charge in [0.2, 0.25) is 5.88 Å². The van der Waals surface area contributed by atoms with Crippen LogP contribution in [0.4, 0.5) is 5.69 Å². The molecule has 3 nitrogen and oxygen atoms in total. The van der Waals surface area contributed by atoms with Crippen LogP contribution in [0.2, 0.25) is 10.0 Å². The first-order chi connectivity index (χ1) is 9.10. The summed E-state index contributed by atoms with van der Waals surface area (Å²) in [4.78, 5) is 4.32. The Labute approximate surface area is 122 Å². The maximum atomic E-state index is 6.16. The highest BCUT2D eigenvalue weighted by Gasteiger charge is 2.05. The lowest BCUT2D eigenvalue weighted by molar-refractivity contribution is 0.396. The lowest BCUT2D eigenvalue weighted by Gasteiger charge is -2.10. The summed E-state index contributed by atoms with van der Waals surface area (Å²) >= 11 is 12.2. The number of benzene rings is 1. The largest absolute Gasteiger partial charge is 0.481 e. The van der Waals surface area contributed by atoms with Gasteiger partial charge in [0.05, 0.1) is 30.1 Å². The molecule has 2 aromatic rings. The van der Waals surface area contributed by atoms with Crippen molar-refractivity contribution in [2.45, 2.75) is 13.5 Å². The minimum absolute atomic E-state index is 0.552. The summed E-state index contributed by atoms with van der Waals surface area (Å²) < 4.78 is 5.08. The van der Waals surface area contributed by atoms with Gasteiger partial charge < -0.3 is 10.1 Å². The number of hydrogen-bond donors (Lipinski definition) is 1. The predicted molar refractivity (Wildman–Crippen MR) is 79.3 cm³/mol. The number of halogens is 2. The lowest BCUT2D eigenvalue weighted by Crippen LogP contribution is -2.03. The number of ether oxygens (including phenoxy) is 1. The Hall–Kier alpha value is -1.45. The number of rotatable bonds is 4. The molecule has 1 aromatic carbocycles. The summed E-state index contributed by atoms with van der Waals surface area (Å²) in [6.07, 6.45) is 0. The molecule has 0 fully saturated rings. The van der Waals surface area contributed by atoms with Gasteiger partial charge in [-0.1, -0.05) is 29.3 Å². The van der Waals surface area contributed by atoms with Crippen molar-refractivity contribution in [2.75, 3.05) is 12.4 Å². The normalized spacial score (nSPS) is 10.3. The van der Waals surface area contributed by atoms with Crippen LogP contribution >= 0.6 is 23.2 Å². The molecule has 19 heavy (non-hydrogen) atoms. The molecule has 100 valence electrons. The maximum absolute atomic E-state index is 6.16. The van der Waals surface area contributed by atoms with E-state index in [1.54, 1.807) is 13.2 Å². The molecule has 0 amide bonds. The smallest absolute Gasteiger partial charge is 0.213 e. The van der Waals surface area contributed by atoms with Gasteiger partial charge >= 0.3 is 0 Å². The van der Waals surface area contributed by atoms with E-state index < -0.39 is 0 Å². The Morgan fingerprint density at radius 2 is 2.00 bits per heavy atom. The number of nitrogens with zero attached hydrogens (tertiary/aromatic N) is 1. The number of aromatic nitrogens is 1. The summed E-state index contributed by atoms with van der Waals surface area (Å²) in [5.41, 5.74) is 2.62. The molecule has 2 rings (SSSR count). The second kappa shape index (κ2) is 6.13. The van der Waals surface area contributed by atoms with Crippen LogP contribution in [0.1, 0.15) is 11.3 Å². The van der Waals surface area contributed by atoms with Gasteiger partial charge in [-0.3, -0.25) is 0 Å². The van der Waals surface area contributed by atoms with Gasteiger partial charge in [0.15, 0.2) is 0 Å². The molecule has 1 aromatic heterocycles. The fourth-order valence-corrected chi connectivity index (χ4v) is 2.09. The molecule has 0 spiro atoms. The highest BCUT2D eigenvalue weighted by molar-refractivity contribution is 6.35. The maximum Gasteiger partial charge on any atom is 0.213 e. The average Bonchev–Trinajstić information content (AvgIpc) is 2.41. The fraction of sp³-hybridized carbons (Fsp3) is 0.214. The first kappa shape index (κ1) is 14.0. The molecule has 1 heterocycles. The van der Waals surface area contributed by atoms with Gasteiger partial charge in [-0.2, -0.15) is 0 Å². The van der Waals surface area contributed by atoms with Crippen LogP contribution in [0.5, 0.6) is 5.88 Å². The van der Waals surface area contributed by atoms with E-state index in [4.69, 9.17) is 27.9 Å². The Bertz CT molecular complexity index is 588. The summed E-state index contributed by atoms with van der Waals surface area (Å²) in [6, 6.07) is 9.27. The Morgan fingerprint density at radius 3 is 2.74 bits per heavy atom. The third-order valence-electron chi connectivity index (χ3n) is 2.70. The molecular weight excluding hydrogens is 283 g/mol. The summed E-state index contributed by atoms with van der Waals surface area (Å²) in [6.45, 7) is 2.47. The van der Waals surface area contributed by atoms with E-state index in [9.17, 15) is 0 Å². The number of aryl methyl sites for hydroxylation is 1. The lowest BCUT2D eigenvalue weighted by atomic mass is 10.2. The second-order valence-corrected chi connectivity index (χ2v) is 4.92. The molecule has 0 aliphatic carbocycles. The molecular formula is C14H14Cl2N2O. The molecule has 1 N–H and O–H groups in total. The van der Waals surface area contributed by atoms with Crippen molar-refractivity contribution >= 4 is 28.9 Å². The number of anilines is 1. The van der Waals surface area contributed by atoms with Crippen LogP contribution < -0.4 is 10.1 Å². The Kier molecular flexibility index (Phi) is 4.51. The van der Waals surface area contributed by atoms with Gasteiger partial charge in [-0.15, -0.1) is 0 Å².